The van der Waals surface area contributed by atoms with Gasteiger partial charge in [-0.25, -0.2) is 14.4 Å². The van der Waals surface area contributed by atoms with Gasteiger partial charge in [-0.15, -0.1) is 38.7 Å². The standard InChI is InChI=1S/C26H25F3N2O4.C25H23F3N2O4.C17H16N2O2.C16H14N2O2.C9H8N2O2.C9H15NO2.C8H9Br.ClH/c1-34-24(33)19-12-25(13-19)10-17(11-25)9-22(32)21-4-2-3-18-14-30-31(23(18)21)15-16-5-7-20(8-6-16)35-26(27,28)29;26-25(27,28)34-19-6-4-15(5-7-19)14-30-22-17(13-29-30)2-1-3-20(22)21(31)8-16-9-24(10-16)11-18(12-24)23(32)33;1-12-6-8-13(9-7-12)11-19-16-14(10-18-19)4-3-5-15(16)17(20)21-2;1-11-5-7-12(8-6-11)10-18-15-13(9-17-18)3-2-4-14(15)16(19)20;1-13-9(12)7-4-2-3-6-5-10-11-8(6)7;1-12-8(11)6-2-9(3-6)4-7(10)5-9;1-7-2-4-8(6-9)5-3-7;/h2-8,14,17,19H,9-13,15H2,1H3;1-7,13,16,18H,8-12,14H2,(H,32,33);3-10H,11H2,1-2H3;2-9H,10H2,1H3,(H,19,20);2-5H,1H3,(H,10,11);6-7H,2-5,10H2,1H3;2-5H,6H2,1H3;1H. The zero-order valence-electron chi connectivity index (χ0n) is 80.8. The van der Waals surface area contributed by atoms with Gasteiger partial charge in [0.1, 0.15) is 11.5 Å². The lowest BCUT2D eigenvalue weighted by Crippen LogP contribution is -2.54. The average Bonchev–Trinajstić information content (AvgIpc) is 1.25. The zero-order chi connectivity index (χ0) is 103. The summed E-state index contributed by atoms with van der Waals surface area (Å²) in [5, 5.41) is 47.8. The first-order chi connectivity index (χ1) is 68.9. The smallest absolute Gasteiger partial charge is 0.481 e. The first-order valence-corrected chi connectivity index (χ1v) is 48.2. The molecule has 15 aromatic rings. The number of alkyl halides is 7. The van der Waals surface area contributed by atoms with Crippen molar-refractivity contribution in [3.8, 4) is 11.5 Å². The summed E-state index contributed by atoms with van der Waals surface area (Å²) >= 11 is 3.38. The number of ketones is 2. The van der Waals surface area contributed by atoms with Gasteiger partial charge in [0.2, 0.25) is 0 Å². The molecule has 6 saturated carbocycles. The van der Waals surface area contributed by atoms with Crippen LogP contribution >= 0.6 is 28.3 Å². The van der Waals surface area contributed by atoms with E-state index in [2.05, 4.69) is 128 Å². The molecular weight excluding hydrogens is 1960 g/mol. The lowest BCUT2D eigenvalue weighted by Gasteiger charge is -2.57. The summed E-state index contributed by atoms with van der Waals surface area (Å²) in [6.07, 6.45) is 10.9. The molecule has 5 aromatic heterocycles. The maximum absolute atomic E-state index is 13.2. The molecule has 0 amide bonds. The summed E-state index contributed by atoms with van der Waals surface area (Å²) in [6, 6.07) is 63.7. The molecule has 0 saturated heterocycles. The van der Waals surface area contributed by atoms with Gasteiger partial charge in [0.05, 0.1) is 148 Å². The van der Waals surface area contributed by atoms with Crippen molar-refractivity contribution in [3.05, 3.63) is 316 Å². The van der Waals surface area contributed by atoms with Crippen molar-refractivity contribution in [2.24, 2.45) is 51.6 Å². The van der Waals surface area contributed by atoms with Gasteiger partial charge in [0, 0.05) is 62.3 Å². The Balaban J connectivity index is 0.000000140. The van der Waals surface area contributed by atoms with Crippen LogP contribution in [0.2, 0.25) is 0 Å². The summed E-state index contributed by atoms with van der Waals surface area (Å²) in [6.45, 7) is 7.98. The number of carbonyl (C=O) groups is 8. The molecule has 145 heavy (non-hydrogen) atoms. The van der Waals surface area contributed by atoms with Crippen LogP contribution in [0.3, 0.4) is 0 Å². The molecule has 21 rings (SSSR count). The number of aromatic nitrogens is 10. The Morgan fingerprint density at radius 3 is 1.02 bits per heavy atom. The lowest BCUT2D eigenvalue weighted by molar-refractivity contribution is -0.275. The van der Waals surface area contributed by atoms with Gasteiger partial charge in [0.15, 0.2) is 11.6 Å². The molecule has 5 N–H and O–H groups in total. The van der Waals surface area contributed by atoms with E-state index in [-0.39, 0.29) is 99.4 Å². The number of ether oxygens (including phenoxy) is 6. The highest BCUT2D eigenvalue weighted by Crippen LogP contribution is 2.64. The number of carboxylic acids is 2. The number of aromatic carboxylic acids is 1. The van der Waals surface area contributed by atoms with E-state index in [4.69, 9.17) is 20.3 Å². The highest BCUT2D eigenvalue weighted by molar-refractivity contribution is 9.08. The highest BCUT2D eigenvalue weighted by atomic mass is 79.9. The number of hydrogen-bond acceptors (Lipinski definition) is 20. The van der Waals surface area contributed by atoms with Crippen molar-refractivity contribution in [2.75, 3.05) is 28.4 Å². The number of fused-ring (bicyclic) bond motifs is 5. The Labute approximate surface area is 846 Å². The average molecular weight is 2070 g/mol. The third-order valence-electron chi connectivity index (χ3n) is 27.6. The van der Waals surface area contributed by atoms with E-state index in [9.17, 15) is 69.8 Å². The number of Topliss-reactive ketones (excluding diaryl/α,β-unsaturated/α-hetero) is 2. The van der Waals surface area contributed by atoms with Crippen molar-refractivity contribution in [1.29, 1.82) is 0 Å². The summed E-state index contributed by atoms with van der Waals surface area (Å²) < 4.78 is 108. The molecule has 0 unspecified atom stereocenters. The topological polar surface area (TPSA) is 358 Å². The maximum Gasteiger partial charge on any atom is 0.573 e. The molecule has 758 valence electrons. The van der Waals surface area contributed by atoms with Crippen LogP contribution in [-0.4, -0.2) is 154 Å². The number of aryl methyl sites for hydroxylation is 3. The second kappa shape index (κ2) is 46.1. The number of carboxylic acid groups (broad SMARTS) is 2. The first-order valence-electron chi connectivity index (χ1n) is 47.1. The van der Waals surface area contributed by atoms with Gasteiger partial charge in [-0.05, 0) is 208 Å². The minimum atomic E-state index is -4.74. The van der Waals surface area contributed by atoms with Crippen LogP contribution in [0, 0.1) is 66.6 Å². The molecular formula is C110H111BrClF6N11O16. The van der Waals surface area contributed by atoms with Crippen molar-refractivity contribution < 1.29 is 103 Å². The molecule has 3 spiro atoms. The summed E-state index contributed by atoms with van der Waals surface area (Å²) in [4.78, 5) is 94.7. The molecule has 5 heterocycles. The summed E-state index contributed by atoms with van der Waals surface area (Å²) in [5.74, 6) is -2.56. The molecule has 6 aliphatic carbocycles. The molecule has 27 nitrogen and oxygen atoms in total. The largest absolute Gasteiger partial charge is 0.573 e. The van der Waals surface area contributed by atoms with E-state index in [0.717, 1.165) is 130 Å². The van der Waals surface area contributed by atoms with Crippen molar-refractivity contribution in [3.63, 3.8) is 0 Å². The van der Waals surface area contributed by atoms with E-state index in [0.29, 0.717) is 108 Å². The fourth-order valence-electron chi connectivity index (χ4n) is 20.8. The maximum atomic E-state index is 13.2. The van der Waals surface area contributed by atoms with Crippen LogP contribution in [0.5, 0.6) is 11.5 Å². The number of H-pyrrole nitrogens is 1. The summed E-state index contributed by atoms with van der Waals surface area (Å²) in [7, 11) is 5.62. The van der Waals surface area contributed by atoms with Gasteiger partial charge in [-0.3, -0.25) is 47.8 Å². The Morgan fingerprint density at radius 2 is 0.690 bits per heavy atom. The number of halogens is 8. The molecule has 35 heteroatoms. The third kappa shape index (κ3) is 26.2. The van der Waals surface area contributed by atoms with Gasteiger partial charge in [0.25, 0.3) is 0 Å². The van der Waals surface area contributed by atoms with Crippen LogP contribution < -0.4 is 15.2 Å². The predicted octanol–water partition coefficient (Wildman–Crippen LogP) is 22.6. The second-order valence-corrected chi connectivity index (χ2v) is 38.8. The van der Waals surface area contributed by atoms with Crippen LogP contribution in [0.1, 0.15) is 186 Å². The van der Waals surface area contributed by atoms with E-state index >= 15 is 0 Å². The summed E-state index contributed by atoms with van der Waals surface area (Å²) in [5.41, 5.74) is 21.3. The van der Waals surface area contributed by atoms with Crippen LogP contribution in [0.25, 0.3) is 54.5 Å². The number of benzene rings is 10. The number of para-hydroxylation sites is 5. The quantitative estimate of drug-likeness (QED) is 0.0152. The van der Waals surface area contributed by atoms with Crippen LogP contribution in [-0.2, 0) is 64.8 Å². The SMILES string of the molecule is COC(=O)C1CC2(CC(CC(=O)c3cccc4cnn(Cc5ccc(OC(F)(F)F)cc5)c34)C2)C1.COC(=O)C1CC2(CC(N)C2)C1.COC(=O)c1cccc2cn[nH]c12.COC(=O)c1cccc2cnn(Cc3ccc(C)cc3)c12.Cc1ccc(CBr)cc1.Cc1ccc(Cn2ncc3cccc(C(=O)O)c32)cc1.Cl.O=C(CC1CC2(C1)CC(C(=O)O)C2)c1cccc2cnn(Cc3ccc(OC(F)(F)F)cc3)c12. The van der Waals surface area contributed by atoms with E-state index in [1.165, 1.54) is 87.1 Å². The van der Waals surface area contributed by atoms with E-state index in [1.54, 1.807) is 99.6 Å². The highest BCUT2D eigenvalue weighted by Gasteiger charge is 2.57. The van der Waals surface area contributed by atoms with Gasteiger partial charge < -0.3 is 44.4 Å². The number of esters is 4. The number of nitrogens with two attached hydrogens (primary N) is 1. The number of rotatable bonds is 23. The van der Waals surface area contributed by atoms with Gasteiger partial charge in [-0.2, -0.15) is 25.5 Å². The van der Waals surface area contributed by atoms with E-state index in [1.807, 2.05) is 84.4 Å². The Bertz CT molecular complexity index is 7110. The monoisotopic (exact) mass is 2070 g/mol. The second-order valence-electron chi connectivity index (χ2n) is 38.3. The van der Waals surface area contributed by atoms with Gasteiger partial charge >= 0.3 is 48.5 Å². The fourth-order valence-corrected chi connectivity index (χ4v) is 21.1. The zero-order valence-corrected chi connectivity index (χ0v) is 83.2. The number of nitrogens with zero attached hydrogens (tertiary/aromatic N) is 9. The van der Waals surface area contributed by atoms with Crippen molar-refractivity contribution in [1.82, 2.24) is 49.3 Å². The van der Waals surface area contributed by atoms with Gasteiger partial charge in [-0.1, -0.05) is 190 Å². The predicted molar refractivity (Wildman–Crippen MR) is 538 cm³/mol. The molecule has 0 bridgehead atoms. The lowest BCUT2D eigenvalue weighted by atomic mass is 9.47. The molecule has 0 atom stereocenters. The number of aromatic amines is 1. The molecule has 0 radical (unpaired) electrons. The van der Waals surface area contributed by atoms with Crippen molar-refractivity contribution >= 4 is 130 Å². The third-order valence-corrected chi connectivity index (χ3v) is 28.3. The Kier molecular flexibility index (Phi) is 33.8. The minimum Gasteiger partial charge on any atom is -0.481 e. The molecule has 0 aliphatic heterocycles. The Morgan fingerprint density at radius 1 is 0.386 bits per heavy atom. The normalized spacial score (nSPS) is 19.6. The molecule has 6 aliphatic rings. The minimum absolute atomic E-state index is 0. The van der Waals surface area contributed by atoms with Crippen molar-refractivity contribution in [2.45, 2.75) is 161 Å². The number of hydrogen-bond donors (Lipinski definition) is 4. The fraction of sp³-hybridized carbons (Fsp3) is 0.336. The van der Waals surface area contributed by atoms with E-state index < -0.39 is 24.7 Å². The number of nitrogens with one attached hydrogen (secondary N) is 1. The number of carbonyl (C=O) groups excluding carboxylic acids is 6. The first kappa shape index (κ1) is 106. The van der Waals surface area contributed by atoms with Crippen LogP contribution in [0.4, 0.5) is 26.3 Å². The number of methoxy groups -OCH3 is 4. The molecule has 10 aromatic carbocycles. The Hall–Kier alpha value is -14.4. The number of aliphatic carboxylic acids is 1. The molecule has 6 fully saturated rings. The van der Waals surface area contributed by atoms with Crippen LogP contribution in [0.15, 0.2) is 243 Å².